The van der Waals surface area contributed by atoms with Crippen LogP contribution in [0, 0.1) is 0 Å². The first kappa shape index (κ1) is 19.2. The van der Waals surface area contributed by atoms with Gasteiger partial charge in [-0.3, -0.25) is 9.59 Å². The quantitative estimate of drug-likeness (QED) is 0.785. The smallest absolute Gasteiger partial charge is 0.267 e. The van der Waals surface area contributed by atoms with Crippen molar-refractivity contribution in [3.63, 3.8) is 0 Å². The highest BCUT2D eigenvalue weighted by molar-refractivity contribution is 6.01. The van der Waals surface area contributed by atoms with Crippen LogP contribution in [-0.2, 0) is 9.59 Å². The fraction of sp³-hybridized carbons (Fsp3) is 0.579. The van der Waals surface area contributed by atoms with E-state index in [1.165, 1.54) is 0 Å². The molecule has 1 heterocycles. The van der Waals surface area contributed by atoms with E-state index in [-0.39, 0.29) is 11.8 Å². The Hall–Kier alpha value is -2.08. The van der Waals surface area contributed by atoms with Gasteiger partial charge in [-0.15, -0.1) is 0 Å². The van der Waals surface area contributed by atoms with Crippen LogP contribution in [0.1, 0.15) is 39.5 Å². The summed E-state index contributed by atoms with van der Waals surface area (Å²) in [5, 5.41) is 2.91. The van der Waals surface area contributed by atoms with E-state index < -0.39 is 6.10 Å². The van der Waals surface area contributed by atoms with Crippen LogP contribution in [0.5, 0.6) is 5.75 Å². The summed E-state index contributed by atoms with van der Waals surface area (Å²) in [6, 6.07) is 5.48. The van der Waals surface area contributed by atoms with Gasteiger partial charge in [-0.1, -0.05) is 13.3 Å². The third-order valence-corrected chi connectivity index (χ3v) is 4.20. The van der Waals surface area contributed by atoms with E-state index in [4.69, 9.17) is 4.74 Å². The number of nitrogens with one attached hydrogen (secondary N) is 1. The summed E-state index contributed by atoms with van der Waals surface area (Å²) in [7, 11) is 4.03. The summed E-state index contributed by atoms with van der Waals surface area (Å²) in [5.74, 6) is 0.640. The first-order valence-electron chi connectivity index (χ1n) is 8.99. The molecule has 0 bridgehead atoms. The predicted octanol–water partition coefficient (Wildman–Crippen LogP) is 2.88. The minimum atomic E-state index is -0.489. The number of fused-ring (bicyclic) bond motifs is 1. The molecule has 0 fully saturated rings. The Morgan fingerprint density at radius 2 is 2.08 bits per heavy atom. The van der Waals surface area contributed by atoms with Crippen LogP contribution >= 0.6 is 0 Å². The van der Waals surface area contributed by atoms with Crippen molar-refractivity contribution in [3.05, 3.63) is 18.2 Å². The molecule has 6 nitrogen and oxygen atoms in total. The molecule has 2 rings (SSSR count). The number of hydrogen-bond acceptors (Lipinski definition) is 4. The Kier molecular flexibility index (Phi) is 6.82. The lowest BCUT2D eigenvalue weighted by Crippen LogP contribution is -2.45. The fourth-order valence-corrected chi connectivity index (χ4v) is 2.82. The van der Waals surface area contributed by atoms with Gasteiger partial charge in [0, 0.05) is 18.7 Å². The van der Waals surface area contributed by atoms with E-state index in [1.807, 2.05) is 32.3 Å². The summed E-state index contributed by atoms with van der Waals surface area (Å²) in [6.45, 7) is 5.36. The van der Waals surface area contributed by atoms with Gasteiger partial charge in [0.25, 0.3) is 5.91 Å². The Bertz CT molecular complexity index is 616. The molecule has 0 radical (unpaired) electrons. The van der Waals surface area contributed by atoms with E-state index in [0.717, 1.165) is 31.5 Å². The van der Waals surface area contributed by atoms with Crippen LogP contribution in [0.4, 0.5) is 11.4 Å². The Labute approximate surface area is 150 Å². The van der Waals surface area contributed by atoms with Crippen LogP contribution in [0.2, 0.25) is 0 Å². The number of carbonyl (C=O) groups is 2. The fourth-order valence-electron chi connectivity index (χ4n) is 2.82. The van der Waals surface area contributed by atoms with Crippen LogP contribution in [0.25, 0.3) is 0 Å². The molecule has 0 aliphatic carbocycles. The van der Waals surface area contributed by atoms with Gasteiger partial charge in [0.15, 0.2) is 6.10 Å². The highest BCUT2D eigenvalue weighted by Crippen LogP contribution is 2.36. The Morgan fingerprint density at radius 3 is 2.76 bits per heavy atom. The van der Waals surface area contributed by atoms with Crippen molar-refractivity contribution in [2.45, 2.75) is 45.6 Å². The maximum Gasteiger partial charge on any atom is 0.267 e. The van der Waals surface area contributed by atoms with Crippen LogP contribution in [-0.4, -0.2) is 50.0 Å². The number of unbranched alkanes of at least 4 members (excludes halogenated alkanes) is 1. The molecule has 2 amide bonds. The van der Waals surface area contributed by atoms with Crippen molar-refractivity contribution in [1.82, 2.24) is 4.90 Å². The molecule has 1 aliphatic rings. The number of rotatable bonds is 8. The molecule has 1 unspecified atom stereocenters. The number of benzene rings is 1. The van der Waals surface area contributed by atoms with Gasteiger partial charge >= 0.3 is 0 Å². The monoisotopic (exact) mass is 347 g/mol. The van der Waals surface area contributed by atoms with E-state index in [2.05, 4.69) is 17.1 Å². The average molecular weight is 347 g/mol. The maximum atomic E-state index is 12.5. The van der Waals surface area contributed by atoms with Gasteiger partial charge in [0.2, 0.25) is 5.91 Å². The van der Waals surface area contributed by atoms with E-state index in [1.54, 1.807) is 11.8 Å². The summed E-state index contributed by atoms with van der Waals surface area (Å²) in [4.78, 5) is 28.4. The molecular weight excluding hydrogens is 318 g/mol. The standard InChI is InChI=1S/C19H29N3O3/c1-5-6-8-18(23)20-15-9-10-17-16(13-15)22(12-7-11-21(3)4)19(24)14(2)25-17/h9-10,13-14H,5-8,11-12H2,1-4H3,(H,20,23). The van der Waals surface area contributed by atoms with Gasteiger partial charge in [-0.25, -0.2) is 0 Å². The molecule has 1 aromatic carbocycles. The number of ether oxygens (including phenoxy) is 1. The van der Waals surface area contributed by atoms with Gasteiger partial charge in [-0.05, 0) is 58.6 Å². The third kappa shape index (κ3) is 5.19. The minimum Gasteiger partial charge on any atom is -0.479 e. The zero-order valence-electron chi connectivity index (χ0n) is 15.7. The van der Waals surface area contributed by atoms with Crippen molar-refractivity contribution < 1.29 is 14.3 Å². The van der Waals surface area contributed by atoms with Gasteiger partial charge in [-0.2, -0.15) is 0 Å². The topological polar surface area (TPSA) is 61.9 Å². The van der Waals surface area contributed by atoms with Crippen molar-refractivity contribution in [2.75, 3.05) is 37.4 Å². The minimum absolute atomic E-state index is 0.00243. The van der Waals surface area contributed by atoms with E-state index >= 15 is 0 Å². The summed E-state index contributed by atoms with van der Waals surface area (Å²) >= 11 is 0. The highest BCUT2D eigenvalue weighted by Gasteiger charge is 2.31. The second-order valence-corrected chi connectivity index (χ2v) is 6.74. The first-order chi connectivity index (χ1) is 11.9. The Balaban J connectivity index is 2.16. The zero-order valence-corrected chi connectivity index (χ0v) is 15.7. The van der Waals surface area contributed by atoms with E-state index in [0.29, 0.717) is 24.4 Å². The molecule has 0 spiro atoms. The molecule has 1 N–H and O–H groups in total. The lowest BCUT2D eigenvalue weighted by Gasteiger charge is -2.33. The SMILES string of the molecule is CCCCC(=O)Nc1ccc2c(c1)N(CCCN(C)C)C(=O)C(C)O2. The number of hydrogen-bond donors (Lipinski definition) is 1. The lowest BCUT2D eigenvalue weighted by molar-refractivity contribution is -0.125. The maximum absolute atomic E-state index is 12.5. The van der Waals surface area contributed by atoms with Crippen LogP contribution in [0.3, 0.4) is 0 Å². The predicted molar refractivity (Wildman–Crippen MR) is 100 cm³/mol. The molecule has 0 saturated carbocycles. The highest BCUT2D eigenvalue weighted by atomic mass is 16.5. The molecule has 25 heavy (non-hydrogen) atoms. The third-order valence-electron chi connectivity index (χ3n) is 4.20. The lowest BCUT2D eigenvalue weighted by atomic mass is 10.1. The van der Waals surface area contributed by atoms with Gasteiger partial charge < -0.3 is 19.9 Å². The summed E-state index contributed by atoms with van der Waals surface area (Å²) < 4.78 is 5.71. The molecule has 1 atom stereocenters. The molecule has 1 aliphatic heterocycles. The van der Waals surface area contributed by atoms with Crippen molar-refractivity contribution in [3.8, 4) is 5.75 Å². The summed E-state index contributed by atoms with van der Waals surface area (Å²) in [6.07, 6.45) is 2.74. The largest absolute Gasteiger partial charge is 0.479 e. The number of carbonyl (C=O) groups excluding carboxylic acids is 2. The van der Waals surface area contributed by atoms with Gasteiger partial charge in [0.05, 0.1) is 5.69 Å². The first-order valence-corrected chi connectivity index (χ1v) is 8.99. The van der Waals surface area contributed by atoms with Crippen LogP contribution in [0.15, 0.2) is 18.2 Å². The average Bonchev–Trinajstić information content (AvgIpc) is 2.56. The molecular formula is C19H29N3O3. The second kappa shape index (κ2) is 8.85. The van der Waals surface area contributed by atoms with Crippen molar-refractivity contribution in [2.24, 2.45) is 0 Å². The number of amides is 2. The molecule has 138 valence electrons. The molecule has 0 saturated heterocycles. The zero-order chi connectivity index (χ0) is 18.4. The summed E-state index contributed by atoms with van der Waals surface area (Å²) in [5.41, 5.74) is 1.43. The van der Waals surface area contributed by atoms with Crippen molar-refractivity contribution in [1.29, 1.82) is 0 Å². The van der Waals surface area contributed by atoms with Crippen molar-refractivity contribution >= 4 is 23.2 Å². The molecule has 0 aromatic heterocycles. The second-order valence-electron chi connectivity index (χ2n) is 6.74. The molecule has 1 aromatic rings. The Morgan fingerprint density at radius 1 is 1.32 bits per heavy atom. The molecule has 6 heteroatoms. The number of nitrogens with zero attached hydrogens (tertiary/aromatic N) is 2. The normalized spacial score (nSPS) is 16.6. The van der Waals surface area contributed by atoms with Crippen LogP contribution < -0.4 is 15.0 Å². The number of anilines is 2. The van der Waals surface area contributed by atoms with Gasteiger partial charge in [0.1, 0.15) is 5.75 Å². The van der Waals surface area contributed by atoms with E-state index in [9.17, 15) is 9.59 Å².